The first kappa shape index (κ1) is 25.7. The molecule has 0 radical (unpaired) electrons. The molecule has 0 unspecified atom stereocenters. The standard InChI is InChI=1S/C27H27N9O3/c28-11-17-3-1-4-18(9-17)22-10-23(34-27(33-22)32-21-7-8-39-16-21)24(35-29)13-30-12-20-5-2-6-25(31-20)36-14-19(15-36)26(37)38/h1-6,9-10,13,19,21H,7-8,12,14-16,29H2,(H,37,38)(H,32,33,34)/b30-13?,35-24+/t21-/m1/s1. The van der Waals surface area contributed by atoms with E-state index in [1.54, 1.807) is 30.5 Å². The highest BCUT2D eigenvalue weighted by Gasteiger charge is 2.33. The Bertz CT molecular complexity index is 1450. The van der Waals surface area contributed by atoms with Gasteiger partial charge in [0.2, 0.25) is 5.95 Å². The molecule has 0 spiro atoms. The van der Waals surface area contributed by atoms with E-state index in [-0.39, 0.29) is 18.5 Å². The Hall–Kier alpha value is -4.89. The van der Waals surface area contributed by atoms with Crippen LogP contribution in [0.4, 0.5) is 11.8 Å². The van der Waals surface area contributed by atoms with Crippen molar-refractivity contribution in [2.45, 2.75) is 19.0 Å². The molecule has 2 fully saturated rings. The summed E-state index contributed by atoms with van der Waals surface area (Å²) in [5.74, 6) is 5.71. The molecule has 0 aliphatic carbocycles. The molecule has 2 aliphatic rings. The van der Waals surface area contributed by atoms with Crippen LogP contribution in [0.2, 0.25) is 0 Å². The number of aliphatic imine (C=N–C) groups is 1. The number of hydrogen-bond acceptors (Lipinski definition) is 11. The number of aromatic nitrogens is 3. The number of nitriles is 1. The smallest absolute Gasteiger partial charge is 0.310 e. The minimum Gasteiger partial charge on any atom is -0.481 e. The van der Waals surface area contributed by atoms with Gasteiger partial charge in [-0.15, -0.1) is 0 Å². The summed E-state index contributed by atoms with van der Waals surface area (Å²) in [4.78, 5) is 31.4. The summed E-state index contributed by atoms with van der Waals surface area (Å²) in [6.07, 6.45) is 2.38. The fourth-order valence-corrected chi connectivity index (χ4v) is 4.31. The topological polar surface area (TPSA) is 175 Å². The quantitative estimate of drug-likeness (QED) is 0.213. The van der Waals surface area contributed by atoms with E-state index in [4.69, 9.17) is 15.7 Å². The molecule has 3 aromatic rings. The van der Waals surface area contributed by atoms with Gasteiger partial charge in [-0.05, 0) is 36.8 Å². The third-order valence-corrected chi connectivity index (χ3v) is 6.49. The van der Waals surface area contributed by atoms with Crippen LogP contribution in [0.15, 0.2) is 58.6 Å². The van der Waals surface area contributed by atoms with Gasteiger partial charge in [0, 0.05) is 25.3 Å². The molecule has 198 valence electrons. The number of carbonyl (C=O) groups is 1. The molecule has 4 N–H and O–H groups in total. The van der Waals surface area contributed by atoms with Crippen LogP contribution in [-0.4, -0.2) is 70.3 Å². The molecule has 5 rings (SSSR count). The van der Waals surface area contributed by atoms with Crippen molar-refractivity contribution >= 4 is 29.7 Å². The van der Waals surface area contributed by atoms with Gasteiger partial charge in [0.05, 0.1) is 60.0 Å². The van der Waals surface area contributed by atoms with Gasteiger partial charge in [-0.3, -0.25) is 9.79 Å². The molecule has 2 saturated heterocycles. The third-order valence-electron chi connectivity index (χ3n) is 6.49. The molecule has 2 aliphatic heterocycles. The van der Waals surface area contributed by atoms with Gasteiger partial charge in [0.1, 0.15) is 11.5 Å². The van der Waals surface area contributed by atoms with Crippen LogP contribution < -0.4 is 16.1 Å². The molecule has 12 nitrogen and oxygen atoms in total. The predicted molar refractivity (Wildman–Crippen MR) is 146 cm³/mol. The first-order valence-electron chi connectivity index (χ1n) is 12.5. The van der Waals surface area contributed by atoms with Crippen molar-refractivity contribution in [3.05, 3.63) is 65.5 Å². The Kier molecular flexibility index (Phi) is 7.70. The Labute approximate surface area is 224 Å². The summed E-state index contributed by atoms with van der Waals surface area (Å²) in [7, 11) is 0. The lowest BCUT2D eigenvalue weighted by molar-refractivity contribution is -0.142. The minimum absolute atomic E-state index is 0.0843. The van der Waals surface area contributed by atoms with Gasteiger partial charge in [0.15, 0.2) is 0 Å². The van der Waals surface area contributed by atoms with E-state index in [0.717, 1.165) is 23.5 Å². The van der Waals surface area contributed by atoms with Crippen LogP contribution in [-0.2, 0) is 16.1 Å². The molecular weight excluding hydrogens is 498 g/mol. The number of nitrogens with zero attached hydrogens (tertiary/aromatic N) is 7. The fraction of sp³-hybridized carbons (Fsp3) is 0.296. The van der Waals surface area contributed by atoms with Crippen LogP contribution in [0.3, 0.4) is 0 Å². The molecule has 39 heavy (non-hydrogen) atoms. The minimum atomic E-state index is -0.791. The summed E-state index contributed by atoms with van der Waals surface area (Å²) < 4.78 is 5.46. The normalized spacial score (nSPS) is 17.7. The number of rotatable bonds is 9. The molecule has 1 aromatic carbocycles. The summed E-state index contributed by atoms with van der Waals surface area (Å²) in [6.45, 7) is 2.39. The SMILES string of the molecule is N#Cc1cccc(-c2cc(/C(C=NCc3cccc(N4CC(C(=O)O)C4)n3)=N/N)nc(N[C@@H]3CCOC3)n2)c1. The highest BCUT2D eigenvalue weighted by atomic mass is 16.5. The largest absolute Gasteiger partial charge is 0.481 e. The lowest BCUT2D eigenvalue weighted by atomic mass is 10.0. The van der Waals surface area contributed by atoms with Gasteiger partial charge >= 0.3 is 5.97 Å². The Morgan fingerprint density at radius 3 is 2.82 bits per heavy atom. The van der Waals surface area contributed by atoms with E-state index in [1.807, 2.05) is 29.2 Å². The number of anilines is 2. The molecule has 2 aromatic heterocycles. The second kappa shape index (κ2) is 11.7. The van der Waals surface area contributed by atoms with E-state index in [1.165, 1.54) is 0 Å². The monoisotopic (exact) mass is 525 g/mol. The van der Waals surface area contributed by atoms with Crippen molar-refractivity contribution in [1.82, 2.24) is 15.0 Å². The maximum absolute atomic E-state index is 11.1. The zero-order valence-corrected chi connectivity index (χ0v) is 21.1. The van der Waals surface area contributed by atoms with Crippen molar-refractivity contribution in [1.29, 1.82) is 5.26 Å². The zero-order chi connectivity index (χ0) is 27.2. The van der Waals surface area contributed by atoms with E-state index >= 15 is 0 Å². The molecule has 0 saturated carbocycles. The zero-order valence-electron chi connectivity index (χ0n) is 21.1. The lowest BCUT2D eigenvalue weighted by Gasteiger charge is -2.37. The summed E-state index contributed by atoms with van der Waals surface area (Å²) in [5, 5.41) is 25.7. The van der Waals surface area contributed by atoms with E-state index in [9.17, 15) is 10.1 Å². The summed E-state index contributed by atoms with van der Waals surface area (Å²) in [5.41, 5.74) is 3.43. The second-order valence-corrected chi connectivity index (χ2v) is 9.27. The lowest BCUT2D eigenvalue weighted by Crippen LogP contribution is -2.50. The number of carboxylic acids is 1. The van der Waals surface area contributed by atoms with Gasteiger partial charge in [-0.1, -0.05) is 18.2 Å². The molecular formula is C27H27N9O3. The van der Waals surface area contributed by atoms with Gasteiger partial charge in [-0.25, -0.2) is 15.0 Å². The number of hydrazone groups is 1. The number of pyridine rings is 1. The van der Waals surface area contributed by atoms with Gasteiger partial charge < -0.3 is 25.9 Å². The predicted octanol–water partition coefficient (Wildman–Crippen LogP) is 2.07. The molecule has 0 amide bonds. The van der Waals surface area contributed by atoms with Gasteiger partial charge in [-0.2, -0.15) is 10.4 Å². The Morgan fingerprint density at radius 2 is 2.08 bits per heavy atom. The number of ether oxygens (including phenoxy) is 1. The van der Waals surface area contributed by atoms with Crippen molar-refractivity contribution in [2.75, 3.05) is 36.5 Å². The van der Waals surface area contributed by atoms with E-state index in [0.29, 0.717) is 54.9 Å². The van der Waals surface area contributed by atoms with E-state index < -0.39 is 5.97 Å². The van der Waals surface area contributed by atoms with Crippen molar-refractivity contribution in [3.8, 4) is 17.3 Å². The molecule has 4 heterocycles. The van der Waals surface area contributed by atoms with Crippen LogP contribution in [0.25, 0.3) is 11.3 Å². The number of nitrogens with one attached hydrogen (secondary N) is 1. The maximum atomic E-state index is 11.1. The van der Waals surface area contributed by atoms with Crippen LogP contribution >= 0.6 is 0 Å². The van der Waals surface area contributed by atoms with Crippen LogP contribution in [0.5, 0.6) is 0 Å². The highest BCUT2D eigenvalue weighted by Crippen LogP contribution is 2.24. The fourth-order valence-electron chi connectivity index (χ4n) is 4.31. The third kappa shape index (κ3) is 6.16. The molecule has 1 atom stereocenters. The first-order valence-corrected chi connectivity index (χ1v) is 12.5. The average molecular weight is 526 g/mol. The van der Waals surface area contributed by atoms with Crippen molar-refractivity contribution < 1.29 is 14.6 Å². The summed E-state index contributed by atoms with van der Waals surface area (Å²) in [6, 6.07) is 16.7. The van der Waals surface area contributed by atoms with Gasteiger partial charge in [0.25, 0.3) is 0 Å². The number of hydrogen-bond donors (Lipinski definition) is 3. The number of carboxylic acid groups (broad SMARTS) is 1. The molecule has 12 heteroatoms. The van der Waals surface area contributed by atoms with Crippen LogP contribution in [0, 0.1) is 17.2 Å². The first-order chi connectivity index (χ1) is 19.0. The van der Waals surface area contributed by atoms with Crippen LogP contribution in [0.1, 0.15) is 23.4 Å². The molecule has 0 bridgehead atoms. The highest BCUT2D eigenvalue weighted by molar-refractivity contribution is 6.37. The van der Waals surface area contributed by atoms with E-state index in [2.05, 4.69) is 36.4 Å². The Morgan fingerprint density at radius 1 is 1.23 bits per heavy atom. The second-order valence-electron chi connectivity index (χ2n) is 9.27. The number of benzene rings is 1. The summed E-state index contributed by atoms with van der Waals surface area (Å²) >= 11 is 0. The Balaban J connectivity index is 1.35. The van der Waals surface area contributed by atoms with Crippen molar-refractivity contribution in [3.63, 3.8) is 0 Å². The number of nitrogens with two attached hydrogens (primary N) is 1. The number of aliphatic carboxylic acids is 1. The maximum Gasteiger partial charge on any atom is 0.310 e. The average Bonchev–Trinajstić information content (AvgIpc) is 3.43. The van der Waals surface area contributed by atoms with Crippen molar-refractivity contribution in [2.24, 2.45) is 21.9 Å².